The quantitative estimate of drug-likeness (QED) is 0.626. The first-order valence-electron chi connectivity index (χ1n) is 9.27. The number of fused-ring (bicyclic) bond motifs is 2. The summed E-state index contributed by atoms with van der Waals surface area (Å²) in [6, 6.07) is 11.8. The molecule has 1 aliphatic rings. The van der Waals surface area contributed by atoms with E-state index in [9.17, 15) is 4.79 Å². The lowest BCUT2D eigenvalue weighted by atomic mass is 10.0. The van der Waals surface area contributed by atoms with Crippen LogP contribution >= 0.6 is 11.8 Å². The third kappa shape index (κ3) is 3.64. The number of nitrogens with zero attached hydrogens (tertiary/aromatic N) is 1. The summed E-state index contributed by atoms with van der Waals surface area (Å²) in [4.78, 5) is 17.3. The molecule has 1 N–H and O–H groups in total. The lowest BCUT2D eigenvalue weighted by Crippen LogP contribution is -2.14. The number of hydrogen-bond donors (Lipinski definition) is 1. The monoisotopic (exact) mass is 394 g/mol. The van der Waals surface area contributed by atoms with Gasteiger partial charge in [0.2, 0.25) is 12.7 Å². The molecule has 28 heavy (non-hydrogen) atoms. The number of aromatic nitrogens is 1. The van der Waals surface area contributed by atoms with Crippen LogP contribution in [0, 0.1) is 13.8 Å². The SMILES string of the molecule is CCc1cc2c(C)ccc(C)c2nc1SCC(=O)Nc1ccc2c(c1)OCO2. The highest BCUT2D eigenvalue weighted by atomic mass is 32.2. The van der Waals surface area contributed by atoms with Gasteiger partial charge in [0.25, 0.3) is 0 Å². The lowest BCUT2D eigenvalue weighted by Gasteiger charge is -2.12. The molecular weight excluding hydrogens is 372 g/mol. The molecule has 0 fully saturated rings. The van der Waals surface area contributed by atoms with Crippen molar-refractivity contribution in [3.63, 3.8) is 0 Å². The fraction of sp³-hybridized carbons (Fsp3) is 0.273. The Labute approximate surface area is 168 Å². The summed E-state index contributed by atoms with van der Waals surface area (Å²) in [6.45, 7) is 6.51. The van der Waals surface area contributed by atoms with Gasteiger partial charge in [-0.25, -0.2) is 4.98 Å². The van der Waals surface area contributed by atoms with Crippen molar-refractivity contribution in [3.05, 3.63) is 53.1 Å². The Kier molecular flexibility index (Phi) is 5.13. The van der Waals surface area contributed by atoms with E-state index in [0.717, 1.165) is 22.5 Å². The summed E-state index contributed by atoms with van der Waals surface area (Å²) >= 11 is 1.47. The van der Waals surface area contributed by atoms with Gasteiger partial charge < -0.3 is 14.8 Å². The molecule has 0 spiro atoms. The summed E-state index contributed by atoms with van der Waals surface area (Å²) in [5, 5.41) is 5.02. The third-order valence-corrected chi connectivity index (χ3v) is 5.85. The van der Waals surface area contributed by atoms with Crippen LogP contribution in [0.5, 0.6) is 11.5 Å². The molecule has 5 nitrogen and oxygen atoms in total. The summed E-state index contributed by atoms with van der Waals surface area (Å²) in [5.74, 6) is 1.57. The van der Waals surface area contributed by atoms with Crippen molar-refractivity contribution >= 4 is 34.3 Å². The molecular formula is C22H22N2O3S. The zero-order chi connectivity index (χ0) is 19.7. The third-order valence-electron chi connectivity index (χ3n) is 4.82. The molecule has 144 valence electrons. The number of anilines is 1. The van der Waals surface area contributed by atoms with E-state index in [0.29, 0.717) is 22.9 Å². The van der Waals surface area contributed by atoms with E-state index in [1.807, 2.05) is 6.07 Å². The minimum atomic E-state index is -0.0752. The normalized spacial score (nSPS) is 12.4. The molecule has 6 heteroatoms. The Morgan fingerprint density at radius 2 is 1.89 bits per heavy atom. The second-order valence-electron chi connectivity index (χ2n) is 6.81. The number of rotatable bonds is 5. The minimum Gasteiger partial charge on any atom is -0.454 e. The number of ether oxygens (including phenoxy) is 2. The number of amides is 1. The van der Waals surface area contributed by atoms with Crippen LogP contribution in [0.25, 0.3) is 10.9 Å². The van der Waals surface area contributed by atoms with E-state index in [2.05, 4.69) is 44.3 Å². The largest absolute Gasteiger partial charge is 0.454 e. The number of hydrogen-bond acceptors (Lipinski definition) is 5. The van der Waals surface area contributed by atoms with Crippen LogP contribution in [0.4, 0.5) is 5.69 Å². The zero-order valence-electron chi connectivity index (χ0n) is 16.2. The van der Waals surface area contributed by atoms with Gasteiger partial charge in [-0.15, -0.1) is 0 Å². The molecule has 2 heterocycles. The highest BCUT2D eigenvalue weighted by Gasteiger charge is 2.15. The van der Waals surface area contributed by atoms with E-state index in [4.69, 9.17) is 14.5 Å². The predicted molar refractivity (Wildman–Crippen MR) is 113 cm³/mol. The van der Waals surface area contributed by atoms with Gasteiger partial charge in [-0.2, -0.15) is 0 Å². The second-order valence-corrected chi connectivity index (χ2v) is 7.77. The number of nitrogens with one attached hydrogen (secondary N) is 1. The highest BCUT2D eigenvalue weighted by Crippen LogP contribution is 2.34. The molecule has 0 saturated heterocycles. The van der Waals surface area contributed by atoms with Gasteiger partial charge in [0, 0.05) is 17.1 Å². The van der Waals surface area contributed by atoms with E-state index in [-0.39, 0.29) is 12.7 Å². The predicted octanol–water partition coefficient (Wildman–Crippen LogP) is 4.87. The Morgan fingerprint density at radius 3 is 2.71 bits per heavy atom. The van der Waals surface area contributed by atoms with Crippen molar-refractivity contribution in [2.75, 3.05) is 17.9 Å². The molecule has 0 aliphatic carbocycles. The van der Waals surface area contributed by atoms with Gasteiger partial charge in [-0.1, -0.05) is 30.8 Å². The van der Waals surface area contributed by atoms with E-state index in [1.54, 1.807) is 12.1 Å². The van der Waals surface area contributed by atoms with Crippen LogP contribution in [0.3, 0.4) is 0 Å². The first-order valence-corrected chi connectivity index (χ1v) is 10.3. The van der Waals surface area contributed by atoms with Gasteiger partial charge in [0.15, 0.2) is 11.5 Å². The van der Waals surface area contributed by atoms with E-state index >= 15 is 0 Å². The maximum Gasteiger partial charge on any atom is 0.234 e. The average molecular weight is 394 g/mol. The molecule has 0 atom stereocenters. The fourth-order valence-corrected chi connectivity index (χ4v) is 4.13. The maximum absolute atomic E-state index is 12.4. The molecule has 0 bridgehead atoms. The van der Waals surface area contributed by atoms with Crippen LogP contribution < -0.4 is 14.8 Å². The van der Waals surface area contributed by atoms with Crippen molar-refractivity contribution in [2.45, 2.75) is 32.2 Å². The molecule has 1 aliphatic heterocycles. The summed E-state index contributed by atoms with van der Waals surface area (Å²) in [7, 11) is 0. The molecule has 0 radical (unpaired) electrons. The minimum absolute atomic E-state index is 0.0752. The van der Waals surface area contributed by atoms with Gasteiger partial charge in [-0.3, -0.25) is 4.79 Å². The lowest BCUT2D eigenvalue weighted by molar-refractivity contribution is -0.113. The molecule has 4 rings (SSSR count). The topological polar surface area (TPSA) is 60.5 Å². The molecule has 0 saturated carbocycles. The smallest absolute Gasteiger partial charge is 0.234 e. The molecule has 1 amide bonds. The van der Waals surface area contributed by atoms with Crippen LogP contribution in [0.15, 0.2) is 41.4 Å². The van der Waals surface area contributed by atoms with Crippen molar-refractivity contribution < 1.29 is 14.3 Å². The molecule has 1 aromatic heterocycles. The maximum atomic E-state index is 12.4. The van der Waals surface area contributed by atoms with Crippen molar-refractivity contribution in [1.29, 1.82) is 0 Å². The zero-order valence-corrected chi connectivity index (χ0v) is 17.0. The van der Waals surface area contributed by atoms with Crippen molar-refractivity contribution in [2.24, 2.45) is 0 Å². The summed E-state index contributed by atoms with van der Waals surface area (Å²) in [6.07, 6.45) is 0.877. The molecule has 0 unspecified atom stereocenters. The Hall–Kier alpha value is -2.73. The average Bonchev–Trinajstić information content (AvgIpc) is 3.16. The number of thioether (sulfide) groups is 1. The first-order chi connectivity index (χ1) is 13.5. The number of carbonyl (C=O) groups excluding carboxylic acids is 1. The number of pyridine rings is 1. The van der Waals surface area contributed by atoms with Crippen molar-refractivity contribution in [1.82, 2.24) is 4.98 Å². The highest BCUT2D eigenvalue weighted by molar-refractivity contribution is 8.00. The van der Waals surface area contributed by atoms with Crippen LogP contribution in [-0.2, 0) is 11.2 Å². The number of benzene rings is 2. The van der Waals surface area contributed by atoms with Gasteiger partial charge >= 0.3 is 0 Å². The van der Waals surface area contributed by atoms with Gasteiger partial charge in [0.1, 0.15) is 5.03 Å². The number of carbonyl (C=O) groups is 1. The standard InChI is InChI=1S/C22H22N2O3S/c1-4-15-9-17-13(2)5-6-14(3)21(17)24-22(15)28-11-20(25)23-16-7-8-18-19(10-16)27-12-26-18/h5-10H,4,11-12H2,1-3H3,(H,23,25). The van der Waals surface area contributed by atoms with Crippen LogP contribution in [0.1, 0.15) is 23.6 Å². The fourth-order valence-electron chi connectivity index (χ4n) is 3.24. The second kappa shape index (κ2) is 7.72. The first kappa shape index (κ1) is 18.6. The van der Waals surface area contributed by atoms with Crippen molar-refractivity contribution in [3.8, 4) is 11.5 Å². The molecule has 3 aromatic rings. The van der Waals surface area contributed by atoms with E-state index < -0.39 is 0 Å². The van der Waals surface area contributed by atoms with Crippen LogP contribution in [0.2, 0.25) is 0 Å². The van der Waals surface area contributed by atoms with Gasteiger partial charge in [-0.05, 0) is 55.2 Å². The number of aryl methyl sites for hydroxylation is 3. The summed E-state index contributed by atoms with van der Waals surface area (Å²) < 4.78 is 10.6. The van der Waals surface area contributed by atoms with Gasteiger partial charge in [0.05, 0.1) is 11.3 Å². The Bertz CT molecular complexity index is 1070. The summed E-state index contributed by atoms with van der Waals surface area (Å²) in [5.41, 5.74) is 5.25. The molecule has 2 aromatic carbocycles. The van der Waals surface area contributed by atoms with Crippen LogP contribution in [-0.4, -0.2) is 23.4 Å². The van der Waals surface area contributed by atoms with E-state index in [1.165, 1.54) is 28.3 Å². The Balaban J connectivity index is 1.50. The Morgan fingerprint density at radius 1 is 1.11 bits per heavy atom.